The summed E-state index contributed by atoms with van der Waals surface area (Å²) >= 11 is 0.423. The molecule has 0 amide bonds. The van der Waals surface area contributed by atoms with E-state index in [4.69, 9.17) is 0 Å². The van der Waals surface area contributed by atoms with Crippen LogP contribution in [-0.4, -0.2) is 20.3 Å². The topological polar surface area (TPSA) is 17.1 Å². The molecule has 0 saturated carbocycles. The van der Waals surface area contributed by atoms with Gasteiger partial charge in [0.2, 0.25) is 0 Å². The number of carbonyl (C=O) groups is 1. The van der Waals surface area contributed by atoms with Gasteiger partial charge in [-0.1, -0.05) is 0 Å². The van der Waals surface area contributed by atoms with Crippen molar-refractivity contribution in [2.24, 2.45) is 5.92 Å². The quantitative estimate of drug-likeness (QED) is 0.654. The summed E-state index contributed by atoms with van der Waals surface area (Å²) in [5, 5.41) is 1.22. The van der Waals surface area contributed by atoms with Crippen molar-refractivity contribution in [1.82, 2.24) is 0 Å². The number of rotatable bonds is 0. The Labute approximate surface area is 88.5 Å². The van der Waals surface area contributed by atoms with Crippen molar-refractivity contribution >= 4 is 29.9 Å². The second-order valence-electron chi connectivity index (χ2n) is 3.87. The average molecular weight is 249 g/mol. The van der Waals surface area contributed by atoms with Gasteiger partial charge in [0.1, 0.15) is 0 Å². The molecular weight excluding hydrogens is 239 g/mol. The van der Waals surface area contributed by atoms with E-state index in [0.29, 0.717) is 20.3 Å². The molecular formula is C12H10OSe. The van der Waals surface area contributed by atoms with E-state index in [9.17, 15) is 4.79 Å². The Kier molecular flexibility index (Phi) is 1.70. The van der Waals surface area contributed by atoms with E-state index in [-0.39, 0.29) is 5.92 Å². The molecule has 3 rings (SSSR count). The summed E-state index contributed by atoms with van der Waals surface area (Å²) < 4.78 is 2.82. The average Bonchev–Trinajstić information content (AvgIpc) is 2.65. The van der Waals surface area contributed by atoms with E-state index in [2.05, 4.69) is 18.2 Å². The van der Waals surface area contributed by atoms with Gasteiger partial charge in [0, 0.05) is 0 Å². The number of hydrogen-bond donors (Lipinski definition) is 0. The molecule has 0 radical (unpaired) electrons. The van der Waals surface area contributed by atoms with Gasteiger partial charge in [-0.25, -0.2) is 0 Å². The zero-order valence-electron chi connectivity index (χ0n) is 7.91. The molecule has 2 heteroatoms. The summed E-state index contributed by atoms with van der Waals surface area (Å²) in [4.78, 5) is 11.9. The Bertz CT molecular complexity index is 524. The second kappa shape index (κ2) is 2.82. The molecule has 0 N–H and O–H groups in total. The van der Waals surface area contributed by atoms with Crippen LogP contribution in [0.5, 0.6) is 0 Å². The second-order valence-corrected chi connectivity index (χ2v) is 6.25. The van der Waals surface area contributed by atoms with E-state index in [1.807, 2.05) is 13.0 Å². The molecule has 1 aliphatic rings. The van der Waals surface area contributed by atoms with Gasteiger partial charge < -0.3 is 0 Å². The van der Waals surface area contributed by atoms with Gasteiger partial charge in [-0.15, -0.1) is 0 Å². The van der Waals surface area contributed by atoms with Gasteiger partial charge in [0.25, 0.3) is 0 Å². The predicted octanol–water partition coefficient (Wildman–Crippen LogP) is 2.27. The molecule has 1 heterocycles. The van der Waals surface area contributed by atoms with E-state index in [1.165, 1.54) is 14.1 Å². The Hall–Kier alpha value is -0.851. The van der Waals surface area contributed by atoms with Gasteiger partial charge in [0.05, 0.1) is 0 Å². The summed E-state index contributed by atoms with van der Waals surface area (Å²) in [7, 11) is 0. The van der Waals surface area contributed by atoms with Gasteiger partial charge >= 0.3 is 88.3 Å². The third-order valence-electron chi connectivity index (χ3n) is 2.85. The van der Waals surface area contributed by atoms with Crippen LogP contribution in [0.15, 0.2) is 24.3 Å². The number of hydrogen-bond acceptors (Lipinski definition) is 1. The summed E-state index contributed by atoms with van der Waals surface area (Å²) in [6, 6.07) is 8.35. The zero-order chi connectivity index (χ0) is 9.71. The van der Waals surface area contributed by atoms with Gasteiger partial charge in [-0.3, -0.25) is 0 Å². The molecule has 1 nitrogen and oxygen atoms in total. The Morgan fingerprint density at radius 3 is 3.00 bits per heavy atom. The molecule has 0 saturated heterocycles. The van der Waals surface area contributed by atoms with Crippen molar-refractivity contribution in [2.75, 3.05) is 0 Å². The van der Waals surface area contributed by atoms with Crippen LogP contribution in [-0.2, 0) is 6.42 Å². The first-order valence-corrected chi connectivity index (χ1v) is 6.53. The molecule has 0 bridgehead atoms. The van der Waals surface area contributed by atoms with Crippen LogP contribution in [0.2, 0.25) is 0 Å². The monoisotopic (exact) mass is 250 g/mol. The maximum absolute atomic E-state index is 11.9. The Balaban J connectivity index is 2.38. The zero-order valence-corrected chi connectivity index (χ0v) is 9.62. The van der Waals surface area contributed by atoms with Crippen molar-refractivity contribution in [2.45, 2.75) is 13.3 Å². The first-order chi connectivity index (χ1) is 6.77. The van der Waals surface area contributed by atoms with Crippen LogP contribution in [0.1, 0.15) is 21.7 Å². The van der Waals surface area contributed by atoms with Gasteiger partial charge in [0.15, 0.2) is 0 Å². The van der Waals surface area contributed by atoms with Crippen LogP contribution >= 0.6 is 0 Å². The first-order valence-electron chi connectivity index (χ1n) is 4.82. The number of Topliss-reactive ketones (excluding diaryl/α,β-unsaturated/α-hetero) is 1. The van der Waals surface area contributed by atoms with E-state index < -0.39 is 0 Å². The van der Waals surface area contributed by atoms with Crippen molar-refractivity contribution < 1.29 is 4.79 Å². The number of ketones is 1. The fourth-order valence-electron chi connectivity index (χ4n) is 2.13. The molecule has 14 heavy (non-hydrogen) atoms. The molecule has 0 spiro atoms. The maximum atomic E-state index is 11.9. The molecule has 70 valence electrons. The van der Waals surface area contributed by atoms with Crippen LogP contribution in [0.3, 0.4) is 0 Å². The molecule has 1 aromatic carbocycles. The van der Waals surface area contributed by atoms with Crippen molar-refractivity contribution in [1.29, 1.82) is 0 Å². The first kappa shape index (κ1) is 8.46. The van der Waals surface area contributed by atoms with Crippen molar-refractivity contribution in [3.63, 3.8) is 0 Å². The molecule has 0 fully saturated rings. The van der Waals surface area contributed by atoms with Crippen LogP contribution in [0, 0.1) is 5.92 Å². The van der Waals surface area contributed by atoms with Gasteiger partial charge in [-0.05, 0) is 0 Å². The molecule has 0 aliphatic heterocycles. The summed E-state index contributed by atoms with van der Waals surface area (Å²) in [5.41, 5.74) is 1.06. The van der Waals surface area contributed by atoms with E-state index in [0.717, 1.165) is 12.0 Å². The van der Waals surface area contributed by atoms with Crippen LogP contribution in [0.4, 0.5) is 0 Å². The Morgan fingerprint density at radius 2 is 2.14 bits per heavy atom. The molecule has 1 unspecified atom stereocenters. The summed E-state index contributed by atoms with van der Waals surface area (Å²) in [5.74, 6) is 0.599. The summed E-state index contributed by atoms with van der Waals surface area (Å²) in [6.45, 7) is 2.04. The molecule has 1 aromatic heterocycles. The third-order valence-corrected chi connectivity index (χ3v) is 5.36. The van der Waals surface area contributed by atoms with E-state index in [1.54, 1.807) is 0 Å². The minimum absolute atomic E-state index is 0.232. The standard InChI is InChI=1S/C12H10OSe/c1-7-6-10-11(12(7)13)8-4-2-3-5-9(8)14-10/h2-5,7H,6H2,1H3. The molecule has 2 aromatic rings. The summed E-state index contributed by atoms with van der Waals surface area (Å²) in [6.07, 6.45) is 1.00. The fourth-order valence-corrected chi connectivity index (χ4v) is 4.93. The minimum atomic E-state index is 0.232. The number of carbonyl (C=O) groups excluding carboxylic acids is 1. The van der Waals surface area contributed by atoms with Crippen molar-refractivity contribution in [3.05, 3.63) is 34.3 Å². The normalized spacial score (nSPS) is 20.4. The third kappa shape index (κ3) is 0.985. The van der Waals surface area contributed by atoms with Crippen LogP contribution in [0.25, 0.3) is 9.65 Å². The van der Waals surface area contributed by atoms with Crippen LogP contribution < -0.4 is 0 Å². The SMILES string of the molecule is CC1Cc2[se]c3ccccc3c2C1=O. The van der Waals surface area contributed by atoms with Gasteiger partial charge in [-0.2, -0.15) is 0 Å². The number of benzene rings is 1. The van der Waals surface area contributed by atoms with E-state index >= 15 is 0 Å². The molecule has 1 aliphatic carbocycles. The number of fused-ring (bicyclic) bond motifs is 3. The van der Waals surface area contributed by atoms with Crippen molar-refractivity contribution in [3.8, 4) is 0 Å². The predicted molar refractivity (Wildman–Crippen MR) is 58.1 cm³/mol. The fraction of sp³-hybridized carbons (Fsp3) is 0.250. The molecule has 1 atom stereocenters. The Morgan fingerprint density at radius 1 is 1.36 bits per heavy atom.